The number of hydrogen-bond donors (Lipinski definition) is 1. The molecule has 174 valence electrons. The molecule has 0 saturated carbocycles. The number of aromatic nitrogens is 3. The highest BCUT2D eigenvalue weighted by Crippen LogP contribution is 2.26. The number of thioether (sulfide) groups is 1. The molecule has 0 bridgehead atoms. The molecule has 6 nitrogen and oxygen atoms in total. The van der Waals surface area contributed by atoms with Gasteiger partial charge in [-0.2, -0.15) is 0 Å². The van der Waals surface area contributed by atoms with Crippen molar-refractivity contribution in [3.05, 3.63) is 101 Å². The Labute approximate surface area is 208 Å². The zero-order valence-electron chi connectivity index (χ0n) is 18.8. The van der Waals surface area contributed by atoms with Crippen LogP contribution in [-0.2, 0) is 17.8 Å². The minimum Gasteiger partial charge on any atom is -0.484 e. The Morgan fingerprint density at radius 2 is 1.74 bits per heavy atom. The third-order valence-corrected chi connectivity index (χ3v) is 6.46. The number of nitrogens with zero attached hydrogens (tertiary/aromatic N) is 3. The summed E-state index contributed by atoms with van der Waals surface area (Å²) in [6, 6.07) is 25.3. The summed E-state index contributed by atoms with van der Waals surface area (Å²) < 4.78 is 7.79. The fourth-order valence-electron chi connectivity index (χ4n) is 3.44. The first kappa shape index (κ1) is 23.9. The summed E-state index contributed by atoms with van der Waals surface area (Å²) in [7, 11) is 0. The van der Waals surface area contributed by atoms with E-state index in [1.165, 1.54) is 22.9 Å². The van der Waals surface area contributed by atoms with Gasteiger partial charge in [-0.15, -0.1) is 10.2 Å². The average molecular weight is 493 g/mol. The van der Waals surface area contributed by atoms with Crippen LogP contribution in [0, 0.1) is 6.92 Å². The smallest absolute Gasteiger partial charge is 0.230 e. The molecule has 0 unspecified atom stereocenters. The van der Waals surface area contributed by atoms with E-state index in [1.54, 1.807) is 6.07 Å². The molecule has 0 aliphatic heterocycles. The predicted molar refractivity (Wildman–Crippen MR) is 136 cm³/mol. The van der Waals surface area contributed by atoms with E-state index < -0.39 is 0 Å². The number of benzene rings is 3. The molecular weight excluding hydrogens is 468 g/mol. The maximum Gasteiger partial charge on any atom is 0.230 e. The summed E-state index contributed by atoms with van der Waals surface area (Å²) in [5, 5.41) is 12.8. The third kappa shape index (κ3) is 6.18. The van der Waals surface area contributed by atoms with Crippen LogP contribution in [0.4, 0.5) is 0 Å². The number of hydrogen-bond acceptors (Lipinski definition) is 5. The molecule has 8 heteroatoms. The van der Waals surface area contributed by atoms with Crippen LogP contribution in [-0.4, -0.2) is 33.0 Å². The lowest BCUT2D eigenvalue weighted by atomic mass is 10.1. The molecule has 0 fully saturated rings. The van der Waals surface area contributed by atoms with Gasteiger partial charge in [0.2, 0.25) is 5.91 Å². The van der Waals surface area contributed by atoms with Gasteiger partial charge in [0, 0.05) is 12.2 Å². The zero-order valence-corrected chi connectivity index (χ0v) is 20.4. The zero-order chi connectivity index (χ0) is 23.8. The molecule has 1 N–H and O–H groups in total. The van der Waals surface area contributed by atoms with Crippen molar-refractivity contribution in [2.24, 2.45) is 0 Å². The Morgan fingerprint density at radius 1 is 1.00 bits per heavy atom. The molecule has 0 spiro atoms. The molecule has 4 aromatic rings. The summed E-state index contributed by atoms with van der Waals surface area (Å²) >= 11 is 7.55. The van der Waals surface area contributed by atoms with Gasteiger partial charge in [-0.1, -0.05) is 78.0 Å². The van der Waals surface area contributed by atoms with Crippen molar-refractivity contribution in [2.75, 3.05) is 12.3 Å². The Morgan fingerprint density at radius 3 is 2.53 bits per heavy atom. The number of carbonyl (C=O) groups excluding carboxylic acids is 1. The fraction of sp³-hybridized carbons (Fsp3) is 0.192. The van der Waals surface area contributed by atoms with Crippen molar-refractivity contribution in [1.82, 2.24) is 20.1 Å². The van der Waals surface area contributed by atoms with Gasteiger partial charge in [-0.25, -0.2) is 0 Å². The second kappa shape index (κ2) is 11.7. The second-order valence-corrected chi connectivity index (χ2v) is 8.95. The van der Waals surface area contributed by atoms with E-state index in [2.05, 4.69) is 34.6 Å². The SMILES string of the molecule is Cc1ccccc1CCNC(=O)CSc1nnc(COc2ccccc2Cl)n1-c1ccccc1. The molecule has 1 aromatic heterocycles. The lowest BCUT2D eigenvalue weighted by Crippen LogP contribution is -2.27. The van der Waals surface area contributed by atoms with E-state index in [9.17, 15) is 4.79 Å². The first-order valence-corrected chi connectivity index (χ1v) is 12.3. The van der Waals surface area contributed by atoms with E-state index >= 15 is 0 Å². The van der Waals surface area contributed by atoms with Crippen LogP contribution in [0.2, 0.25) is 5.02 Å². The van der Waals surface area contributed by atoms with Crippen LogP contribution in [0.15, 0.2) is 84.0 Å². The number of amides is 1. The van der Waals surface area contributed by atoms with Crippen LogP contribution >= 0.6 is 23.4 Å². The molecule has 4 rings (SSSR count). The fourth-order valence-corrected chi connectivity index (χ4v) is 4.43. The molecule has 0 aliphatic rings. The summed E-state index contributed by atoms with van der Waals surface area (Å²) in [5.41, 5.74) is 3.36. The van der Waals surface area contributed by atoms with Gasteiger partial charge in [0.15, 0.2) is 11.0 Å². The van der Waals surface area contributed by atoms with Crippen molar-refractivity contribution in [1.29, 1.82) is 0 Å². The monoisotopic (exact) mass is 492 g/mol. The predicted octanol–water partition coefficient (Wildman–Crippen LogP) is 5.26. The molecule has 0 saturated heterocycles. The number of rotatable bonds is 10. The van der Waals surface area contributed by atoms with Crippen molar-refractivity contribution in [2.45, 2.75) is 25.1 Å². The third-order valence-electron chi connectivity index (χ3n) is 5.22. The number of nitrogens with one attached hydrogen (secondary N) is 1. The number of para-hydroxylation sites is 2. The number of ether oxygens (including phenoxy) is 1. The summed E-state index contributed by atoms with van der Waals surface area (Å²) in [6.07, 6.45) is 0.798. The highest BCUT2D eigenvalue weighted by Gasteiger charge is 2.17. The van der Waals surface area contributed by atoms with Crippen LogP contribution in [0.1, 0.15) is 17.0 Å². The normalized spacial score (nSPS) is 10.8. The maximum absolute atomic E-state index is 12.5. The van der Waals surface area contributed by atoms with Crippen LogP contribution in [0.25, 0.3) is 5.69 Å². The van der Waals surface area contributed by atoms with Crippen molar-refractivity contribution < 1.29 is 9.53 Å². The molecule has 0 radical (unpaired) electrons. The van der Waals surface area contributed by atoms with Gasteiger partial charge >= 0.3 is 0 Å². The highest BCUT2D eigenvalue weighted by molar-refractivity contribution is 7.99. The van der Waals surface area contributed by atoms with Gasteiger partial charge in [0.1, 0.15) is 12.4 Å². The number of halogens is 1. The summed E-state index contributed by atoms with van der Waals surface area (Å²) in [6.45, 7) is 2.86. The van der Waals surface area contributed by atoms with Gasteiger partial charge in [0.05, 0.1) is 10.8 Å². The quantitative estimate of drug-likeness (QED) is 0.306. The van der Waals surface area contributed by atoms with Crippen molar-refractivity contribution in [3.63, 3.8) is 0 Å². The Balaban J connectivity index is 1.40. The second-order valence-electron chi connectivity index (χ2n) is 7.60. The van der Waals surface area contributed by atoms with E-state index in [-0.39, 0.29) is 18.3 Å². The van der Waals surface area contributed by atoms with Crippen LogP contribution in [0.5, 0.6) is 5.75 Å². The summed E-state index contributed by atoms with van der Waals surface area (Å²) in [5.74, 6) is 1.39. The highest BCUT2D eigenvalue weighted by atomic mass is 35.5. The minimum atomic E-state index is -0.0462. The number of aryl methyl sites for hydroxylation is 1. The maximum atomic E-state index is 12.5. The Kier molecular flexibility index (Phi) is 8.22. The average Bonchev–Trinajstić information content (AvgIpc) is 3.27. The molecule has 3 aromatic carbocycles. The summed E-state index contributed by atoms with van der Waals surface area (Å²) in [4.78, 5) is 12.5. The standard InChI is InChI=1S/C26H25ClN4O2S/c1-19-9-5-6-10-20(19)15-16-28-25(32)18-34-26-30-29-24(31(26)21-11-3-2-4-12-21)17-33-23-14-8-7-13-22(23)27/h2-14H,15-18H2,1H3,(H,28,32). The molecular formula is C26H25ClN4O2S. The van der Waals surface area contributed by atoms with E-state index in [0.717, 1.165) is 12.1 Å². The van der Waals surface area contributed by atoms with E-state index in [0.29, 0.717) is 28.3 Å². The molecule has 1 amide bonds. The lowest BCUT2D eigenvalue weighted by Gasteiger charge is -2.12. The van der Waals surface area contributed by atoms with E-state index in [4.69, 9.17) is 16.3 Å². The Bertz CT molecular complexity index is 1250. The first-order chi connectivity index (χ1) is 16.6. The van der Waals surface area contributed by atoms with Crippen molar-refractivity contribution in [3.8, 4) is 11.4 Å². The minimum absolute atomic E-state index is 0.0462. The van der Waals surface area contributed by atoms with Gasteiger partial charge in [-0.05, 0) is 48.7 Å². The van der Waals surface area contributed by atoms with Crippen molar-refractivity contribution >= 4 is 29.3 Å². The molecule has 0 aliphatic carbocycles. The topological polar surface area (TPSA) is 69.0 Å². The first-order valence-electron chi connectivity index (χ1n) is 10.9. The largest absolute Gasteiger partial charge is 0.484 e. The molecule has 1 heterocycles. The Hall–Kier alpha value is -3.29. The lowest BCUT2D eigenvalue weighted by molar-refractivity contribution is -0.118. The van der Waals surface area contributed by atoms with Gasteiger partial charge < -0.3 is 10.1 Å². The van der Waals surface area contributed by atoms with Crippen LogP contribution in [0.3, 0.4) is 0 Å². The van der Waals surface area contributed by atoms with E-state index in [1.807, 2.05) is 65.2 Å². The molecule has 0 atom stereocenters. The van der Waals surface area contributed by atoms with Crippen LogP contribution < -0.4 is 10.1 Å². The van der Waals surface area contributed by atoms with Gasteiger partial charge in [-0.3, -0.25) is 9.36 Å². The van der Waals surface area contributed by atoms with Gasteiger partial charge in [0.25, 0.3) is 0 Å². The molecule has 34 heavy (non-hydrogen) atoms. The number of carbonyl (C=O) groups is 1.